The summed E-state index contributed by atoms with van der Waals surface area (Å²) in [5.74, 6) is -3.66. The van der Waals surface area contributed by atoms with Gasteiger partial charge < -0.3 is 4.74 Å². The Kier molecular flexibility index (Phi) is 4.38. The molecule has 0 spiro atoms. The molecule has 0 aliphatic rings. The van der Waals surface area contributed by atoms with E-state index in [1.54, 1.807) is 18.2 Å². The highest BCUT2D eigenvalue weighted by Gasteiger charge is 2.41. The zero-order chi connectivity index (χ0) is 14.8. The number of alkyl halides is 5. The lowest BCUT2D eigenvalue weighted by Crippen LogP contribution is -2.33. The Balaban J connectivity index is 2.16. The molecule has 0 atom stereocenters. The minimum absolute atomic E-state index is 0.122. The average molecular weight is 307 g/mol. The summed E-state index contributed by atoms with van der Waals surface area (Å²) in [5, 5.41) is 1.63. The second kappa shape index (κ2) is 5.87. The van der Waals surface area contributed by atoms with Crippen molar-refractivity contribution in [2.24, 2.45) is 0 Å². The van der Waals surface area contributed by atoms with Crippen LogP contribution in [0.3, 0.4) is 0 Å². The molecule has 0 aromatic heterocycles. The summed E-state index contributed by atoms with van der Waals surface area (Å²) >= 11 is 5.71. The third-order valence-corrected chi connectivity index (χ3v) is 3.09. The van der Waals surface area contributed by atoms with Gasteiger partial charge in [-0.05, 0) is 34.5 Å². The molecule has 0 saturated carbocycles. The molecule has 2 aromatic rings. The maximum absolute atomic E-state index is 12.8. The summed E-state index contributed by atoms with van der Waals surface area (Å²) in [6, 6.07) is 10.1. The molecule has 20 heavy (non-hydrogen) atoms. The number of halogens is 5. The minimum atomic E-state index is -4.16. The molecule has 1 nitrogen and oxygen atoms in total. The average Bonchev–Trinajstić information content (AvgIpc) is 2.44. The van der Waals surface area contributed by atoms with Crippen LogP contribution in [0.2, 0.25) is 0 Å². The fourth-order valence-corrected chi connectivity index (χ4v) is 1.85. The SMILES string of the molecule is FC(F)C(F)(F)COc1ccc2cc(CCl)ccc2c1. The standard InChI is InChI=1S/C14H11ClF4O/c15-7-9-1-2-11-6-12(4-3-10(11)5-9)20-8-14(18,19)13(16)17/h1-6,13H,7-8H2. The predicted octanol–water partition coefficient (Wildman–Crippen LogP) is 4.86. The molecule has 6 heteroatoms. The van der Waals surface area contributed by atoms with Crippen LogP contribution in [0, 0.1) is 0 Å². The van der Waals surface area contributed by atoms with Gasteiger partial charge in [-0.2, -0.15) is 8.78 Å². The minimum Gasteiger partial charge on any atom is -0.487 e. The largest absolute Gasteiger partial charge is 0.487 e. The van der Waals surface area contributed by atoms with E-state index in [4.69, 9.17) is 16.3 Å². The number of rotatable bonds is 5. The summed E-state index contributed by atoms with van der Waals surface area (Å²) in [6.07, 6.45) is -3.74. The lowest BCUT2D eigenvalue weighted by molar-refractivity contribution is -0.148. The first-order valence-electron chi connectivity index (χ1n) is 5.80. The van der Waals surface area contributed by atoms with Crippen LogP contribution in [0.15, 0.2) is 36.4 Å². The summed E-state index contributed by atoms with van der Waals surface area (Å²) in [7, 11) is 0. The highest BCUT2D eigenvalue weighted by Crippen LogP contribution is 2.26. The van der Waals surface area contributed by atoms with Gasteiger partial charge in [0, 0.05) is 5.88 Å². The molecule has 0 fully saturated rings. The quantitative estimate of drug-likeness (QED) is 0.566. The lowest BCUT2D eigenvalue weighted by Gasteiger charge is -2.16. The fraction of sp³-hybridized carbons (Fsp3) is 0.286. The maximum atomic E-state index is 12.8. The summed E-state index contributed by atoms with van der Waals surface area (Å²) in [6.45, 7) is -1.35. The highest BCUT2D eigenvalue weighted by atomic mass is 35.5. The maximum Gasteiger partial charge on any atom is 0.340 e. The van der Waals surface area contributed by atoms with E-state index in [0.29, 0.717) is 5.88 Å². The van der Waals surface area contributed by atoms with E-state index < -0.39 is 19.0 Å². The summed E-state index contributed by atoms with van der Waals surface area (Å²) in [4.78, 5) is 0. The Labute approximate surface area is 118 Å². The number of hydrogen-bond donors (Lipinski definition) is 0. The second-order valence-electron chi connectivity index (χ2n) is 4.33. The molecular weight excluding hydrogens is 296 g/mol. The van der Waals surface area contributed by atoms with Crippen molar-refractivity contribution < 1.29 is 22.3 Å². The Bertz CT molecular complexity index is 601. The van der Waals surface area contributed by atoms with Gasteiger partial charge in [0.25, 0.3) is 0 Å². The van der Waals surface area contributed by atoms with Gasteiger partial charge in [0.15, 0.2) is 6.61 Å². The number of benzene rings is 2. The van der Waals surface area contributed by atoms with Gasteiger partial charge in [0.1, 0.15) is 5.75 Å². The molecule has 0 bridgehead atoms. The van der Waals surface area contributed by atoms with Crippen LogP contribution >= 0.6 is 11.6 Å². The van der Waals surface area contributed by atoms with Gasteiger partial charge in [-0.3, -0.25) is 0 Å². The molecule has 0 aliphatic carbocycles. The number of ether oxygens (including phenoxy) is 1. The van der Waals surface area contributed by atoms with E-state index in [9.17, 15) is 17.6 Å². The van der Waals surface area contributed by atoms with Gasteiger partial charge in [-0.15, -0.1) is 11.6 Å². The summed E-state index contributed by atoms with van der Waals surface area (Å²) in [5.41, 5.74) is 0.928. The van der Waals surface area contributed by atoms with Crippen molar-refractivity contribution in [3.63, 3.8) is 0 Å². The fourth-order valence-electron chi connectivity index (χ4n) is 1.69. The van der Waals surface area contributed by atoms with Crippen molar-refractivity contribution in [3.05, 3.63) is 42.0 Å². The van der Waals surface area contributed by atoms with Gasteiger partial charge in [-0.1, -0.05) is 18.2 Å². The van der Waals surface area contributed by atoms with E-state index in [1.165, 1.54) is 12.1 Å². The first-order valence-corrected chi connectivity index (χ1v) is 6.33. The van der Waals surface area contributed by atoms with Crippen LogP contribution in [-0.2, 0) is 5.88 Å². The normalized spacial score (nSPS) is 12.1. The van der Waals surface area contributed by atoms with Crippen LogP contribution in [0.4, 0.5) is 17.6 Å². The molecule has 0 heterocycles. The van der Waals surface area contributed by atoms with E-state index in [1.807, 2.05) is 6.07 Å². The van der Waals surface area contributed by atoms with E-state index in [-0.39, 0.29) is 5.75 Å². The van der Waals surface area contributed by atoms with Crippen molar-refractivity contribution >= 4 is 22.4 Å². The van der Waals surface area contributed by atoms with Gasteiger partial charge in [0.2, 0.25) is 0 Å². The monoisotopic (exact) mass is 306 g/mol. The Morgan fingerprint density at radius 1 is 1.05 bits per heavy atom. The van der Waals surface area contributed by atoms with Crippen LogP contribution in [0.5, 0.6) is 5.75 Å². The topological polar surface area (TPSA) is 9.23 Å². The molecule has 2 aromatic carbocycles. The number of fused-ring (bicyclic) bond motifs is 1. The van der Waals surface area contributed by atoms with Crippen LogP contribution in [-0.4, -0.2) is 19.0 Å². The van der Waals surface area contributed by atoms with E-state index >= 15 is 0 Å². The molecular formula is C14H11ClF4O. The van der Waals surface area contributed by atoms with Crippen LogP contribution in [0.1, 0.15) is 5.56 Å². The third-order valence-electron chi connectivity index (χ3n) is 2.78. The zero-order valence-corrected chi connectivity index (χ0v) is 11.0. The van der Waals surface area contributed by atoms with Gasteiger partial charge in [0.05, 0.1) is 0 Å². The Morgan fingerprint density at radius 3 is 2.35 bits per heavy atom. The molecule has 0 N–H and O–H groups in total. The Hall–Kier alpha value is -1.49. The molecule has 0 aliphatic heterocycles. The van der Waals surface area contributed by atoms with Gasteiger partial charge >= 0.3 is 12.3 Å². The van der Waals surface area contributed by atoms with Crippen molar-refractivity contribution in [1.82, 2.24) is 0 Å². The number of hydrogen-bond acceptors (Lipinski definition) is 1. The smallest absolute Gasteiger partial charge is 0.340 e. The summed E-state index contributed by atoms with van der Waals surface area (Å²) < 4.78 is 54.3. The first kappa shape index (κ1) is 14.9. The zero-order valence-electron chi connectivity index (χ0n) is 10.3. The molecule has 0 amide bonds. The van der Waals surface area contributed by atoms with Crippen LogP contribution in [0.25, 0.3) is 10.8 Å². The highest BCUT2D eigenvalue weighted by molar-refractivity contribution is 6.17. The van der Waals surface area contributed by atoms with Crippen molar-refractivity contribution in [2.45, 2.75) is 18.2 Å². The van der Waals surface area contributed by atoms with Crippen molar-refractivity contribution in [2.75, 3.05) is 6.61 Å². The Morgan fingerprint density at radius 2 is 1.70 bits per heavy atom. The molecule has 0 saturated heterocycles. The molecule has 108 valence electrons. The third kappa shape index (κ3) is 3.33. The van der Waals surface area contributed by atoms with Crippen molar-refractivity contribution in [3.8, 4) is 5.75 Å². The van der Waals surface area contributed by atoms with Gasteiger partial charge in [-0.25, -0.2) is 8.78 Å². The molecule has 0 unspecified atom stereocenters. The first-order chi connectivity index (χ1) is 9.42. The predicted molar refractivity (Wildman–Crippen MR) is 70.0 cm³/mol. The van der Waals surface area contributed by atoms with Crippen LogP contribution < -0.4 is 4.74 Å². The molecule has 2 rings (SSSR count). The van der Waals surface area contributed by atoms with Crippen molar-refractivity contribution in [1.29, 1.82) is 0 Å². The van der Waals surface area contributed by atoms with E-state index in [0.717, 1.165) is 16.3 Å². The lowest BCUT2D eigenvalue weighted by atomic mass is 10.1. The second-order valence-corrected chi connectivity index (χ2v) is 4.59. The van der Waals surface area contributed by atoms with E-state index in [2.05, 4.69) is 0 Å². The molecule has 0 radical (unpaired) electrons.